The summed E-state index contributed by atoms with van der Waals surface area (Å²) < 4.78 is 16.8. The molecule has 0 aliphatic heterocycles. The Hall–Kier alpha value is -1.59. The van der Waals surface area contributed by atoms with Crippen molar-refractivity contribution in [3.05, 3.63) is 0 Å². The molecule has 0 aromatic heterocycles. The van der Waals surface area contributed by atoms with Gasteiger partial charge in [0.15, 0.2) is 6.10 Å². The first-order valence-electron chi connectivity index (χ1n) is 26.2. The summed E-state index contributed by atoms with van der Waals surface area (Å²) in [5.74, 6) is 0.835. The molecule has 0 saturated carbocycles. The lowest BCUT2D eigenvalue weighted by Crippen LogP contribution is -2.30. The van der Waals surface area contributed by atoms with Crippen molar-refractivity contribution >= 4 is 17.9 Å². The first kappa shape index (κ1) is 57.4. The number of ether oxygens (including phenoxy) is 3. The van der Waals surface area contributed by atoms with Gasteiger partial charge in [0, 0.05) is 19.3 Å². The highest BCUT2D eigenvalue weighted by atomic mass is 16.6. The zero-order chi connectivity index (χ0) is 43.3. The molecule has 0 saturated heterocycles. The van der Waals surface area contributed by atoms with Crippen LogP contribution in [0, 0.1) is 11.8 Å². The van der Waals surface area contributed by atoms with Crippen molar-refractivity contribution in [2.45, 2.75) is 298 Å². The largest absolute Gasteiger partial charge is 0.462 e. The van der Waals surface area contributed by atoms with Gasteiger partial charge in [-0.3, -0.25) is 14.4 Å². The van der Waals surface area contributed by atoms with Crippen molar-refractivity contribution in [1.82, 2.24) is 0 Å². The molecule has 0 rings (SSSR count). The molecule has 0 radical (unpaired) electrons. The highest BCUT2D eigenvalue weighted by Crippen LogP contribution is 2.17. The van der Waals surface area contributed by atoms with E-state index >= 15 is 0 Å². The molecular weight excluding hydrogens is 733 g/mol. The molecule has 0 spiro atoms. The summed E-state index contributed by atoms with van der Waals surface area (Å²) in [4.78, 5) is 37.8. The van der Waals surface area contributed by atoms with Gasteiger partial charge in [0.25, 0.3) is 0 Å². The molecule has 0 aliphatic carbocycles. The van der Waals surface area contributed by atoms with E-state index in [1.165, 1.54) is 180 Å². The summed E-state index contributed by atoms with van der Waals surface area (Å²) in [5, 5.41) is 0. The number of hydrogen-bond acceptors (Lipinski definition) is 6. The topological polar surface area (TPSA) is 78.9 Å². The van der Waals surface area contributed by atoms with Crippen molar-refractivity contribution < 1.29 is 28.6 Å². The summed E-state index contributed by atoms with van der Waals surface area (Å²) in [7, 11) is 0. The summed E-state index contributed by atoms with van der Waals surface area (Å²) >= 11 is 0. The van der Waals surface area contributed by atoms with Crippen LogP contribution in [0.3, 0.4) is 0 Å². The number of carbonyl (C=O) groups is 3. The van der Waals surface area contributed by atoms with Crippen molar-refractivity contribution in [3.63, 3.8) is 0 Å². The fraction of sp³-hybridized carbons (Fsp3) is 0.943. The van der Waals surface area contributed by atoms with Gasteiger partial charge >= 0.3 is 17.9 Å². The van der Waals surface area contributed by atoms with E-state index in [1.54, 1.807) is 0 Å². The van der Waals surface area contributed by atoms with Crippen LogP contribution < -0.4 is 0 Å². The van der Waals surface area contributed by atoms with E-state index in [-0.39, 0.29) is 31.1 Å². The third kappa shape index (κ3) is 47.3. The maximum atomic E-state index is 12.8. The molecule has 0 heterocycles. The molecular formula is C53H102O6. The molecule has 6 heteroatoms. The number of carbonyl (C=O) groups excluding carboxylic acids is 3. The lowest BCUT2D eigenvalue weighted by molar-refractivity contribution is -0.167. The third-order valence-electron chi connectivity index (χ3n) is 12.0. The maximum Gasteiger partial charge on any atom is 0.306 e. The minimum atomic E-state index is -0.760. The van der Waals surface area contributed by atoms with E-state index in [0.29, 0.717) is 19.3 Å². The van der Waals surface area contributed by atoms with E-state index in [9.17, 15) is 14.4 Å². The monoisotopic (exact) mass is 835 g/mol. The van der Waals surface area contributed by atoms with Gasteiger partial charge in [-0.25, -0.2) is 0 Å². The second kappa shape index (κ2) is 45.9. The van der Waals surface area contributed by atoms with Crippen molar-refractivity contribution in [2.75, 3.05) is 13.2 Å². The molecule has 6 nitrogen and oxygen atoms in total. The Labute approximate surface area is 368 Å². The van der Waals surface area contributed by atoms with Gasteiger partial charge in [-0.05, 0) is 31.1 Å². The molecule has 0 N–H and O–H groups in total. The highest BCUT2D eigenvalue weighted by Gasteiger charge is 2.19. The minimum absolute atomic E-state index is 0.0638. The van der Waals surface area contributed by atoms with Gasteiger partial charge in [0.2, 0.25) is 0 Å². The molecule has 1 atom stereocenters. The molecule has 0 aliphatic rings. The molecule has 59 heavy (non-hydrogen) atoms. The zero-order valence-electron chi connectivity index (χ0n) is 40.4. The van der Waals surface area contributed by atoms with Gasteiger partial charge in [-0.2, -0.15) is 0 Å². The van der Waals surface area contributed by atoms with Crippen molar-refractivity contribution in [1.29, 1.82) is 0 Å². The summed E-state index contributed by atoms with van der Waals surface area (Å²) in [6, 6.07) is 0. The summed E-state index contributed by atoms with van der Waals surface area (Å²) in [6.45, 7) is 11.4. The predicted molar refractivity (Wildman–Crippen MR) is 252 cm³/mol. The molecule has 0 aromatic carbocycles. The Morgan fingerprint density at radius 1 is 0.322 bits per heavy atom. The van der Waals surface area contributed by atoms with E-state index in [1.807, 2.05) is 0 Å². The Morgan fingerprint density at radius 2 is 0.559 bits per heavy atom. The molecule has 0 amide bonds. The third-order valence-corrected chi connectivity index (χ3v) is 12.0. The lowest BCUT2D eigenvalue weighted by Gasteiger charge is -2.18. The molecule has 0 aromatic rings. The predicted octanol–water partition coefficient (Wildman–Crippen LogP) is 16.9. The van der Waals surface area contributed by atoms with Gasteiger partial charge in [-0.1, -0.05) is 253 Å². The minimum Gasteiger partial charge on any atom is -0.462 e. The molecule has 350 valence electrons. The fourth-order valence-corrected chi connectivity index (χ4v) is 7.99. The van der Waals surface area contributed by atoms with E-state index < -0.39 is 6.10 Å². The van der Waals surface area contributed by atoms with Crippen LogP contribution >= 0.6 is 0 Å². The second-order valence-electron chi connectivity index (χ2n) is 19.1. The summed E-state index contributed by atoms with van der Waals surface area (Å²) in [6.07, 6.45) is 46.7. The number of hydrogen-bond donors (Lipinski definition) is 0. The number of esters is 3. The van der Waals surface area contributed by atoms with Crippen molar-refractivity contribution in [2.24, 2.45) is 11.8 Å². The summed E-state index contributed by atoms with van der Waals surface area (Å²) in [5.41, 5.74) is 0. The van der Waals surface area contributed by atoms with Crippen molar-refractivity contribution in [3.8, 4) is 0 Å². The Kier molecular flexibility index (Phi) is 44.7. The van der Waals surface area contributed by atoms with Crippen LogP contribution in [0.1, 0.15) is 291 Å². The standard InChI is InChI=1S/C53H102O6/c1-6-7-8-9-26-33-38-43-51(54)57-46-50(59-53(56)45-40-35-30-25-21-17-13-11-15-19-23-28-32-37-42-49(4)5)47-58-52(55)44-39-34-29-24-20-16-12-10-14-18-22-27-31-36-41-48(2)3/h48-50H,6-47H2,1-5H3/t50-/m0/s1. The van der Waals surface area contributed by atoms with Gasteiger partial charge in [0.05, 0.1) is 0 Å². The Morgan fingerprint density at radius 3 is 0.831 bits per heavy atom. The van der Waals surface area contributed by atoms with Gasteiger partial charge in [0.1, 0.15) is 13.2 Å². The molecule has 0 bridgehead atoms. The second-order valence-corrected chi connectivity index (χ2v) is 19.1. The zero-order valence-corrected chi connectivity index (χ0v) is 40.4. The quantitative estimate of drug-likeness (QED) is 0.0345. The normalized spacial score (nSPS) is 12.1. The average Bonchev–Trinajstić information content (AvgIpc) is 3.20. The van der Waals surface area contributed by atoms with Crippen LogP contribution in [0.5, 0.6) is 0 Å². The van der Waals surface area contributed by atoms with Crippen LogP contribution in [-0.2, 0) is 28.6 Å². The van der Waals surface area contributed by atoms with Gasteiger partial charge in [-0.15, -0.1) is 0 Å². The van der Waals surface area contributed by atoms with Gasteiger partial charge < -0.3 is 14.2 Å². The number of rotatable bonds is 47. The first-order chi connectivity index (χ1) is 28.7. The van der Waals surface area contributed by atoms with Crippen LogP contribution in [0.4, 0.5) is 0 Å². The Balaban J connectivity index is 4.19. The average molecular weight is 835 g/mol. The molecule has 0 fully saturated rings. The SMILES string of the molecule is CCCCCCCCCC(=O)OC[C@@H](COC(=O)CCCCCCCCCCCCCCCCC(C)C)OC(=O)CCCCCCCCCCCCCCCCC(C)C. The van der Waals surface area contributed by atoms with Crippen LogP contribution in [-0.4, -0.2) is 37.2 Å². The molecule has 0 unspecified atom stereocenters. The van der Waals surface area contributed by atoms with E-state index in [4.69, 9.17) is 14.2 Å². The van der Waals surface area contributed by atoms with Crippen LogP contribution in [0.2, 0.25) is 0 Å². The Bertz CT molecular complexity index is 900. The maximum absolute atomic E-state index is 12.8. The van der Waals surface area contributed by atoms with Crippen LogP contribution in [0.15, 0.2) is 0 Å². The lowest BCUT2D eigenvalue weighted by atomic mass is 10.0. The van der Waals surface area contributed by atoms with E-state index in [0.717, 1.165) is 69.6 Å². The first-order valence-corrected chi connectivity index (χ1v) is 26.2. The smallest absolute Gasteiger partial charge is 0.306 e. The number of unbranched alkanes of at least 4 members (excludes halogenated alkanes) is 32. The fourth-order valence-electron chi connectivity index (χ4n) is 7.99. The highest BCUT2D eigenvalue weighted by molar-refractivity contribution is 5.71. The van der Waals surface area contributed by atoms with Crippen LogP contribution in [0.25, 0.3) is 0 Å². The van der Waals surface area contributed by atoms with E-state index in [2.05, 4.69) is 34.6 Å².